The minimum Gasteiger partial charge on any atom is -0.444 e. The first kappa shape index (κ1) is 59.8. The average Bonchev–Trinajstić information content (AvgIpc) is 3.38. The Labute approximate surface area is 461 Å². The van der Waals surface area contributed by atoms with E-state index in [1.807, 2.05) is 68.0 Å². The van der Waals surface area contributed by atoms with Crippen LogP contribution in [0.2, 0.25) is 5.02 Å². The summed E-state index contributed by atoms with van der Waals surface area (Å²) in [5.41, 5.74) is -2.08. The largest absolute Gasteiger partial charge is 0.501 e. The molecule has 3 aliphatic rings. The number of ether oxygens (including phenoxy) is 2. The topological polar surface area (TPSA) is 170 Å². The summed E-state index contributed by atoms with van der Waals surface area (Å²) in [5, 5.41) is 6.54. The van der Waals surface area contributed by atoms with E-state index in [9.17, 15) is 39.6 Å². The molecule has 2 aliphatic heterocycles. The lowest BCUT2D eigenvalue weighted by Crippen LogP contribution is -2.47. The normalized spacial score (nSPS) is 18.8. The van der Waals surface area contributed by atoms with Gasteiger partial charge in [-0.2, -0.15) is 13.2 Å². The number of rotatable bonds is 21. The van der Waals surface area contributed by atoms with Gasteiger partial charge in [0.15, 0.2) is 0 Å². The third kappa shape index (κ3) is 17.1. The minimum atomic E-state index is -6.08. The van der Waals surface area contributed by atoms with Crippen LogP contribution in [0, 0.1) is 5.41 Å². The number of anilines is 2. The molecule has 77 heavy (non-hydrogen) atoms. The van der Waals surface area contributed by atoms with Gasteiger partial charge < -0.3 is 29.9 Å². The predicted octanol–water partition coefficient (Wildman–Crippen LogP) is 9.27. The number of hydrogen-bond donors (Lipinski definition) is 3. The van der Waals surface area contributed by atoms with Crippen LogP contribution < -0.4 is 20.3 Å². The second-order valence-electron chi connectivity index (χ2n) is 21.3. The molecule has 22 heteroatoms. The number of benzene rings is 4. The van der Waals surface area contributed by atoms with Gasteiger partial charge in [-0.05, 0) is 137 Å². The molecular weight excluding hydrogens is 1080 g/mol. The molecule has 420 valence electrons. The number of sulfonamides is 1. The van der Waals surface area contributed by atoms with Crippen LogP contribution in [0.15, 0.2) is 117 Å². The summed E-state index contributed by atoms with van der Waals surface area (Å²) in [6, 6.07) is 25.6. The van der Waals surface area contributed by atoms with Crippen molar-refractivity contribution in [3.05, 3.63) is 119 Å². The summed E-state index contributed by atoms with van der Waals surface area (Å²) in [7, 11) is -8.88. The van der Waals surface area contributed by atoms with E-state index in [0.717, 1.165) is 73.7 Å². The van der Waals surface area contributed by atoms with Gasteiger partial charge in [0.05, 0.1) is 23.8 Å². The molecule has 7 rings (SSSR count). The first-order chi connectivity index (χ1) is 36.4. The van der Waals surface area contributed by atoms with E-state index in [1.165, 1.54) is 35.0 Å². The van der Waals surface area contributed by atoms with Crippen molar-refractivity contribution in [1.82, 2.24) is 24.7 Å². The molecule has 1 aliphatic carbocycles. The van der Waals surface area contributed by atoms with E-state index in [0.29, 0.717) is 82.3 Å². The third-order valence-corrected chi connectivity index (χ3v) is 18.2. The number of carbonyl (C=O) groups excluding carboxylic acids is 2. The highest BCUT2D eigenvalue weighted by atomic mass is 35.5. The van der Waals surface area contributed by atoms with E-state index >= 15 is 0 Å². The zero-order chi connectivity index (χ0) is 55.6. The number of nitrogens with one attached hydrogen (secondary N) is 3. The lowest BCUT2D eigenvalue weighted by Gasteiger charge is -2.42. The molecule has 0 saturated carbocycles. The molecular formula is C55H71ClF3N7O8S3. The quantitative estimate of drug-likeness (QED) is 0.0675. The molecule has 2 saturated heterocycles. The van der Waals surface area contributed by atoms with Crippen LogP contribution in [0.3, 0.4) is 0 Å². The second-order valence-corrected chi connectivity index (χ2v) is 26.4. The van der Waals surface area contributed by atoms with Crippen molar-refractivity contribution in [2.45, 2.75) is 85.2 Å². The van der Waals surface area contributed by atoms with Gasteiger partial charge in [0.2, 0.25) is 0 Å². The Balaban J connectivity index is 0.986. The highest BCUT2D eigenvalue weighted by Crippen LogP contribution is 2.44. The monoisotopic (exact) mass is 1150 g/mol. The molecule has 3 N–H and O–H groups in total. The molecule has 1 unspecified atom stereocenters. The fraction of sp³-hybridized carbons (Fsp3) is 0.491. The summed E-state index contributed by atoms with van der Waals surface area (Å²) in [6.07, 6.45) is 2.81. The van der Waals surface area contributed by atoms with Gasteiger partial charge in [-0.1, -0.05) is 54.4 Å². The number of morpholine rings is 1. The molecule has 4 aromatic carbocycles. The summed E-state index contributed by atoms with van der Waals surface area (Å²) < 4.78 is 109. The lowest BCUT2D eigenvalue weighted by molar-refractivity contribution is -0.0436. The molecule has 15 nitrogen and oxygen atoms in total. The molecule has 2 fully saturated rings. The number of halogens is 4. The van der Waals surface area contributed by atoms with E-state index < -0.39 is 64.5 Å². The fourth-order valence-electron chi connectivity index (χ4n) is 9.92. The van der Waals surface area contributed by atoms with Crippen molar-refractivity contribution in [1.29, 1.82) is 0 Å². The fourth-order valence-corrected chi connectivity index (χ4v) is 13.1. The summed E-state index contributed by atoms with van der Waals surface area (Å²) in [6.45, 7) is 16.5. The van der Waals surface area contributed by atoms with Crippen molar-refractivity contribution in [2.24, 2.45) is 5.41 Å². The van der Waals surface area contributed by atoms with Crippen molar-refractivity contribution < 1.29 is 49.1 Å². The first-order valence-electron chi connectivity index (χ1n) is 25.8. The number of allylic oxidation sites excluding steroid dienone is 1. The molecule has 0 bridgehead atoms. The van der Waals surface area contributed by atoms with Gasteiger partial charge in [-0.25, -0.2) is 26.4 Å². The highest BCUT2D eigenvalue weighted by Gasteiger charge is 2.48. The highest BCUT2D eigenvalue weighted by molar-refractivity contribution is 7.99. The third-order valence-electron chi connectivity index (χ3n) is 13.9. The maximum Gasteiger partial charge on any atom is 0.501 e. The van der Waals surface area contributed by atoms with Gasteiger partial charge in [0.1, 0.15) is 10.5 Å². The Morgan fingerprint density at radius 1 is 0.883 bits per heavy atom. The molecule has 2 heterocycles. The number of alkyl halides is 3. The lowest BCUT2D eigenvalue weighted by atomic mass is 9.71. The zero-order valence-corrected chi connectivity index (χ0v) is 47.5. The number of sulfone groups is 1. The number of thioether (sulfide) groups is 1. The number of alkyl carbamates (subject to hydrolysis) is 1. The number of likely N-dealkylation sites (N-methyl/N-ethyl adjacent to an activating group) is 1. The summed E-state index contributed by atoms with van der Waals surface area (Å²) in [4.78, 5) is 33.6. The van der Waals surface area contributed by atoms with Crippen LogP contribution >= 0.6 is 23.4 Å². The molecule has 0 aromatic heterocycles. The van der Waals surface area contributed by atoms with Gasteiger partial charge >= 0.3 is 11.6 Å². The molecule has 0 spiro atoms. The Kier molecular flexibility index (Phi) is 20.1. The number of carbonyl (C=O) groups is 2. The van der Waals surface area contributed by atoms with Crippen LogP contribution in [0.1, 0.15) is 69.3 Å². The number of nitrogens with zero attached hydrogens (tertiary/aromatic N) is 4. The molecule has 2 amide bonds. The van der Waals surface area contributed by atoms with E-state index in [4.69, 9.17) is 21.1 Å². The molecule has 4 aromatic rings. The van der Waals surface area contributed by atoms with Crippen molar-refractivity contribution >= 4 is 72.2 Å². The van der Waals surface area contributed by atoms with Gasteiger partial charge in [-0.3, -0.25) is 14.6 Å². The van der Waals surface area contributed by atoms with E-state index in [1.54, 1.807) is 12.1 Å². The number of piperazine rings is 1. The van der Waals surface area contributed by atoms with Gasteiger partial charge in [0.25, 0.3) is 25.8 Å². The average molecular weight is 1150 g/mol. The minimum absolute atomic E-state index is 0.00448. The first-order valence-corrected chi connectivity index (χ1v) is 30.2. The van der Waals surface area contributed by atoms with Gasteiger partial charge in [0, 0.05) is 105 Å². The molecule has 2 atom stereocenters. The Morgan fingerprint density at radius 2 is 1.56 bits per heavy atom. The van der Waals surface area contributed by atoms with Crippen molar-refractivity contribution in [3.8, 4) is 0 Å². The van der Waals surface area contributed by atoms with Crippen LogP contribution in [-0.2, 0) is 29.3 Å². The SMILES string of the molecule is CN(CCNC(=O)OC(C)(C)C)CC1(C)CCC(c2ccc(Cl)cc2)=C(CN2CCN(c3ccc(C(=O)NS(=O)(=O)c4ccc(N[C@H](CCN5CCOCC5)CSc5ccccc5)c(S(=O)(=O)C(F)(F)F)c4)cc3)CC2)C1. The molecule has 0 radical (unpaired) electrons. The summed E-state index contributed by atoms with van der Waals surface area (Å²) >= 11 is 7.74. The van der Waals surface area contributed by atoms with Crippen molar-refractivity contribution in [2.75, 3.05) is 108 Å². The Morgan fingerprint density at radius 3 is 2.21 bits per heavy atom. The van der Waals surface area contributed by atoms with Crippen LogP contribution in [0.4, 0.5) is 29.3 Å². The smallest absolute Gasteiger partial charge is 0.444 e. The maximum atomic E-state index is 14.3. The van der Waals surface area contributed by atoms with Crippen molar-refractivity contribution in [3.63, 3.8) is 0 Å². The van der Waals surface area contributed by atoms with E-state index in [-0.39, 0.29) is 11.0 Å². The van der Waals surface area contributed by atoms with Crippen LogP contribution in [0.25, 0.3) is 5.57 Å². The van der Waals surface area contributed by atoms with Crippen LogP contribution in [0.5, 0.6) is 0 Å². The standard InChI is InChI=1S/C55H71ClF3N7O8S3/c1-53(2,3)74-52(68)60-24-26-63(5)39-54(4)23-21-48(40-11-15-43(56)16-12-40)42(36-54)37-65-27-29-66(30-28-65)45-17-13-41(14-18-45)51(67)62-77(71,72)47-19-20-49(50(35-47)76(69,70)55(57,58)59)61-44(22-25-64-31-33-73-34-32-64)38-75-46-9-7-6-8-10-46/h6-20,35,44,61H,21-34,36-39H2,1-5H3,(H,60,68)(H,62,67)/t44-,54?/m1/s1. The Bertz CT molecular complexity index is 2900. The number of hydrogen-bond acceptors (Lipinski definition) is 14. The number of amides is 2. The zero-order valence-electron chi connectivity index (χ0n) is 44.3. The second kappa shape index (κ2) is 25.9. The summed E-state index contributed by atoms with van der Waals surface area (Å²) in [5.74, 6) is -0.687. The van der Waals surface area contributed by atoms with E-state index in [2.05, 4.69) is 56.3 Å². The van der Waals surface area contributed by atoms with Gasteiger partial charge in [-0.15, -0.1) is 11.8 Å². The predicted molar refractivity (Wildman–Crippen MR) is 298 cm³/mol. The Hall–Kier alpha value is -4.87. The van der Waals surface area contributed by atoms with Crippen LogP contribution in [-0.4, -0.2) is 159 Å². The maximum absolute atomic E-state index is 14.3.